The van der Waals surface area contributed by atoms with Crippen molar-refractivity contribution in [1.29, 1.82) is 0 Å². The number of hydrogen-bond acceptors (Lipinski definition) is 3. The van der Waals surface area contributed by atoms with Crippen LogP contribution < -0.4 is 15.6 Å². The monoisotopic (exact) mass is 354 g/mol. The van der Waals surface area contributed by atoms with Crippen LogP contribution in [0, 0.1) is 13.8 Å². The number of rotatable bonds is 5. The highest BCUT2D eigenvalue weighted by Gasteiger charge is 2.17. The first-order valence-corrected chi connectivity index (χ1v) is 8.72. The number of amides is 2. The minimum absolute atomic E-state index is 0.368. The van der Waals surface area contributed by atoms with Crippen LogP contribution in [0.15, 0.2) is 42.5 Å². The molecule has 2 aromatic carbocycles. The summed E-state index contributed by atoms with van der Waals surface area (Å²) < 4.78 is 5.70. The van der Waals surface area contributed by atoms with Crippen molar-refractivity contribution in [2.45, 2.75) is 46.6 Å². The maximum atomic E-state index is 12.2. The first-order valence-electron chi connectivity index (χ1n) is 8.72. The molecule has 2 rings (SSSR count). The van der Waals surface area contributed by atoms with Crippen molar-refractivity contribution in [3.8, 4) is 5.75 Å². The molecule has 2 aromatic rings. The fourth-order valence-corrected chi connectivity index (χ4v) is 2.41. The van der Waals surface area contributed by atoms with Gasteiger partial charge in [0.05, 0.1) is 0 Å². The maximum Gasteiger partial charge on any atom is 0.279 e. The minimum atomic E-state index is -0.737. The van der Waals surface area contributed by atoms with Gasteiger partial charge < -0.3 is 4.74 Å². The van der Waals surface area contributed by atoms with E-state index in [0.29, 0.717) is 17.2 Å². The van der Waals surface area contributed by atoms with Crippen LogP contribution in [0.3, 0.4) is 0 Å². The Bertz CT molecular complexity index is 782. The Balaban J connectivity index is 1.90. The molecule has 1 atom stereocenters. The number of hydrazine groups is 1. The van der Waals surface area contributed by atoms with Gasteiger partial charge in [-0.3, -0.25) is 20.4 Å². The van der Waals surface area contributed by atoms with Gasteiger partial charge in [0.25, 0.3) is 11.8 Å². The normalized spacial score (nSPS) is 11.8. The molecule has 138 valence electrons. The van der Waals surface area contributed by atoms with Crippen LogP contribution in [0.5, 0.6) is 5.75 Å². The predicted molar refractivity (Wildman–Crippen MR) is 102 cm³/mol. The molecular weight excluding hydrogens is 328 g/mol. The van der Waals surface area contributed by atoms with Crippen LogP contribution in [0.2, 0.25) is 0 Å². The highest BCUT2D eigenvalue weighted by Crippen LogP contribution is 2.21. The molecule has 0 aliphatic carbocycles. The Morgan fingerprint density at radius 3 is 2.19 bits per heavy atom. The highest BCUT2D eigenvalue weighted by molar-refractivity contribution is 5.95. The van der Waals surface area contributed by atoms with Gasteiger partial charge in [0.15, 0.2) is 6.10 Å². The molecule has 5 heteroatoms. The summed E-state index contributed by atoms with van der Waals surface area (Å²) in [7, 11) is 0. The third-order valence-corrected chi connectivity index (χ3v) is 4.37. The summed E-state index contributed by atoms with van der Waals surface area (Å²) in [5.74, 6) is 0.267. The number of carbonyl (C=O) groups is 2. The summed E-state index contributed by atoms with van der Waals surface area (Å²) in [4.78, 5) is 24.3. The lowest BCUT2D eigenvalue weighted by atomic mass is 10.0. The molecule has 2 amide bonds. The van der Waals surface area contributed by atoms with E-state index in [1.54, 1.807) is 19.1 Å². The molecule has 0 aliphatic rings. The molecule has 0 radical (unpaired) electrons. The zero-order chi connectivity index (χ0) is 19.3. The molecule has 0 spiro atoms. The highest BCUT2D eigenvalue weighted by atomic mass is 16.5. The largest absolute Gasteiger partial charge is 0.481 e. The summed E-state index contributed by atoms with van der Waals surface area (Å²) in [5.41, 5.74) is 8.55. The van der Waals surface area contributed by atoms with Crippen molar-refractivity contribution in [1.82, 2.24) is 10.9 Å². The van der Waals surface area contributed by atoms with Gasteiger partial charge in [-0.05, 0) is 61.6 Å². The minimum Gasteiger partial charge on any atom is -0.481 e. The topological polar surface area (TPSA) is 67.4 Å². The molecule has 0 aliphatic heterocycles. The van der Waals surface area contributed by atoms with Crippen LogP contribution in [0.25, 0.3) is 0 Å². The molecular formula is C21H26N2O3. The van der Waals surface area contributed by atoms with Crippen molar-refractivity contribution in [2.24, 2.45) is 0 Å². The van der Waals surface area contributed by atoms with E-state index in [1.165, 1.54) is 0 Å². The molecule has 0 unspecified atom stereocenters. The Kier molecular flexibility index (Phi) is 6.39. The Hall–Kier alpha value is -2.82. The fraction of sp³-hybridized carbons (Fsp3) is 0.333. The predicted octanol–water partition coefficient (Wildman–Crippen LogP) is 3.66. The average Bonchev–Trinajstić information content (AvgIpc) is 2.63. The van der Waals surface area contributed by atoms with E-state index in [2.05, 4.69) is 24.7 Å². The van der Waals surface area contributed by atoms with Crippen molar-refractivity contribution in [3.63, 3.8) is 0 Å². The first-order chi connectivity index (χ1) is 12.3. The number of ether oxygens (including phenoxy) is 1. The summed E-state index contributed by atoms with van der Waals surface area (Å²) in [6.07, 6.45) is -0.737. The standard InChI is InChI=1S/C21H26N2O3/c1-13(2)17-9-11-18(12-10-17)21(25)23-22-20(24)16(5)26-19-8-6-7-14(3)15(19)4/h6-13,16H,1-5H3,(H,22,24)(H,23,25)/t16-/m1/s1. The van der Waals surface area contributed by atoms with Crippen LogP contribution in [-0.4, -0.2) is 17.9 Å². The third-order valence-electron chi connectivity index (χ3n) is 4.37. The SMILES string of the molecule is Cc1cccc(O[C@H](C)C(=O)NNC(=O)c2ccc(C(C)C)cc2)c1C. The lowest BCUT2D eigenvalue weighted by Gasteiger charge is -2.17. The van der Waals surface area contributed by atoms with Crippen molar-refractivity contribution in [2.75, 3.05) is 0 Å². The van der Waals surface area contributed by atoms with Gasteiger partial charge in [0, 0.05) is 5.56 Å². The fourth-order valence-electron chi connectivity index (χ4n) is 2.41. The summed E-state index contributed by atoms with van der Waals surface area (Å²) >= 11 is 0. The van der Waals surface area contributed by atoms with Crippen molar-refractivity contribution >= 4 is 11.8 Å². The summed E-state index contributed by atoms with van der Waals surface area (Å²) in [6, 6.07) is 13.0. The van der Waals surface area contributed by atoms with Crippen LogP contribution in [0.4, 0.5) is 0 Å². The molecule has 0 fully saturated rings. The third kappa shape index (κ3) is 4.85. The zero-order valence-electron chi connectivity index (χ0n) is 15.9. The van der Waals surface area contributed by atoms with E-state index in [4.69, 9.17) is 4.74 Å². The molecule has 0 saturated heterocycles. The molecule has 0 aromatic heterocycles. The van der Waals surface area contributed by atoms with Gasteiger partial charge in [-0.15, -0.1) is 0 Å². The van der Waals surface area contributed by atoms with Gasteiger partial charge in [0.1, 0.15) is 5.75 Å². The van der Waals surface area contributed by atoms with Crippen molar-refractivity contribution in [3.05, 3.63) is 64.7 Å². The van der Waals surface area contributed by atoms with Crippen LogP contribution in [-0.2, 0) is 4.79 Å². The van der Waals surface area contributed by atoms with Gasteiger partial charge in [-0.2, -0.15) is 0 Å². The number of benzene rings is 2. The Morgan fingerprint density at radius 2 is 1.58 bits per heavy atom. The molecule has 2 N–H and O–H groups in total. The first kappa shape index (κ1) is 19.5. The smallest absolute Gasteiger partial charge is 0.279 e. The summed E-state index contributed by atoms with van der Waals surface area (Å²) in [5, 5.41) is 0. The van der Waals surface area contributed by atoms with Gasteiger partial charge in [0.2, 0.25) is 0 Å². The van der Waals surface area contributed by atoms with E-state index in [-0.39, 0.29) is 5.91 Å². The van der Waals surface area contributed by atoms with E-state index in [0.717, 1.165) is 16.7 Å². The van der Waals surface area contributed by atoms with Gasteiger partial charge in [-0.1, -0.05) is 38.1 Å². The van der Waals surface area contributed by atoms with E-state index in [1.807, 2.05) is 44.2 Å². The number of aryl methyl sites for hydroxylation is 1. The second-order valence-corrected chi connectivity index (χ2v) is 6.68. The molecule has 0 heterocycles. The Labute approximate surface area is 154 Å². The number of hydrogen-bond donors (Lipinski definition) is 2. The van der Waals surface area contributed by atoms with Gasteiger partial charge in [-0.25, -0.2) is 0 Å². The number of nitrogens with one attached hydrogen (secondary N) is 2. The lowest BCUT2D eigenvalue weighted by molar-refractivity contribution is -0.128. The van der Waals surface area contributed by atoms with Crippen LogP contribution >= 0.6 is 0 Å². The summed E-state index contributed by atoms with van der Waals surface area (Å²) in [6.45, 7) is 9.75. The molecule has 5 nitrogen and oxygen atoms in total. The second kappa shape index (κ2) is 8.52. The average molecular weight is 354 g/mol. The molecule has 0 bridgehead atoms. The molecule has 0 saturated carbocycles. The lowest BCUT2D eigenvalue weighted by Crippen LogP contribution is -2.47. The van der Waals surface area contributed by atoms with Crippen LogP contribution in [0.1, 0.15) is 53.7 Å². The van der Waals surface area contributed by atoms with E-state index in [9.17, 15) is 9.59 Å². The van der Waals surface area contributed by atoms with E-state index < -0.39 is 12.0 Å². The zero-order valence-corrected chi connectivity index (χ0v) is 15.9. The van der Waals surface area contributed by atoms with Gasteiger partial charge >= 0.3 is 0 Å². The second-order valence-electron chi connectivity index (χ2n) is 6.68. The maximum absolute atomic E-state index is 12.2. The molecule has 26 heavy (non-hydrogen) atoms. The Morgan fingerprint density at radius 1 is 0.923 bits per heavy atom. The number of carbonyl (C=O) groups excluding carboxylic acids is 2. The van der Waals surface area contributed by atoms with E-state index >= 15 is 0 Å². The quantitative estimate of drug-likeness (QED) is 0.805. The van der Waals surface area contributed by atoms with Crippen molar-refractivity contribution < 1.29 is 14.3 Å².